The van der Waals surface area contributed by atoms with Gasteiger partial charge in [-0.2, -0.15) is 0 Å². The standard InChI is InChI=1S/C14H13N5O2/c1-14(2)20-9-4-3-8(5-10(9)21-14)19-13-11-12(16-6-15-11)17-7-18-13/h3-7,11H,1-2H3,(H,15,16,17,18,19). The summed E-state index contributed by atoms with van der Waals surface area (Å²) >= 11 is 0. The van der Waals surface area contributed by atoms with E-state index in [2.05, 4.69) is 25.3 Å². The van der Waals surface area contributed by atoms with E-state index in [1.807, 2.05) is 32.0 Å². The number of hydrogen-bond acceptors (Lipinski definition) is 7. The van der Waals surface area contributed by atoms with Crippen molar-refractivity contribution in [1.29, 1.82) is 0 Å². The lowest BCUT2D eigenvalue weighted by Crippen LogP contribution is -2.33. The summed E-state index contributed by atoms with van der Waals surface area (Å²) in [6.45, 7) is 3.75. The van der Waals surface area contributed by atoms with Crippen molar-refractivity contribution in [2.45, 2.75) is 25.7 Å². The van der Waals surface area contributed by atoms with Crippen LogP contribution in [0.2, 0.25) is 0 Å². The average molecular weight is 283 g/mol. The molecule has 0 aromatic heterocycles. The molecule has 1 aromatic carbocycles. The second-order valence-electron chi connectivity index (χ2n) is 5.30. The topological polar surface area (TPSA) is 79.9 Å². The highest BCUT2D eigenvalue weighted by Gasteiger charge is 2.32. The molecular weight excluding hydrogens is 270 g/mol. The predicted octanol–water partition coefficient (Wildman–Crippen LogP) is 1.86. The van der Waals surface area contributed by atoms with Crippen molar-refractivity contribution in [3.05, 3.63) is 18.2 Å². The maximum Gasteiger partial charge on any atom is 0.246 e. The van der Waals surface area contributed by atoms with Gasteiger partial charge in [-0.15, -0.1) is 0 Å². The number of hydrogen-bond donors (Lipinski definition) is 1. The van der Waals surface area contributed by atoms with Gasteiger partial charge in [0.15, 0.2) is 23.4 Å². The number of benzene rings is 1. The summed E-state index contributed by atoms with van der Waals surface area (Å²) in [6.07, 6.45) is 2.98. The van der Waals surface area contributed by atoms with Gasteiger partial charge in [0, 0.05) is 25.6 Å². The summed E-state index contributed by atoms with van der Waals surface area (Å²) in [5.41, 5.74) is 0.852. The molecule has 3 heterocycles. The highest BCUT2D eigenvalue weighted by molar-refractivity contribution is 6.23. The molecular formula is C14H13N5O2. The molecule has 0 radical (unpaired) electrons. The zero-order valence-electron chi connectivity index (χ0n) is 11.6. The predicted molar refractivity (Wildman–Crippen MR) is 81.0 cm³/mol. The third-order valence-electron chi connectivity index (χ3n) is 3.22. The van der Waals surface area contributed by atoms with Crippen LogP contribution in [0.4, 0.5) is 5.69 Å². The van der Waals surface area contributed by atoms with Crippen LogP contribution in [0.1, 0.15) is 13.8 Å². The Balaban J connectivity index is 1.59. The maximum absolute atomic E-state index is 5.73. The van der Waals surface area contributed by atoms with E-state index in [1.54, 1.807) is 0 Å². The summed E-state index contributed by atoms with van der Waals surface area (Å²) < 4.78 is 11.4. The van der Waals surface area contributed by atoms with E-state index in [9.17, 15) is 0 Å². The van der Waals surface area contributed by atoms with E-state index >= 15 is 0 Å². The van der Waals surface area contributed by atoms with Gasteiger partial charge in [0.25, 0.3) is 0 Å². The summed E-state index contributed by atoms with van der Waals surface area (Å²) in [7, 11) is 0. The third-order valence-corrected chi connectivity index (χ3v) is 3.22. The number of nitrogens with zero attached hydrogens (tertiary/aromatic N) is 4. The lowest BCUT2D eigenvalue weighted by atomic mass is 10.2. The normalized spacial score (nSPS) is 23.6. The Kier molecular flexibility index (Phi) is 2.38. The molecule has 0 amide bonds. The van der Waals surface area contributed by atoms with Crippen LogP contribution < -0.4 is 14.8 Å². The Hall–Kier alpha value is -2.70. The van der Waals surface area contributed by atoms with E-state index in [4.69, 9.17) is 9.47 Å². The molecule has 0 spiro atoms. The number of ether oxygens (including phenoxy) is 2. The van der Waals surface area contributed by atoms with Gasteiger partial charge in [-0.3, -0.25) is 4.99 Å². The van der Waals surface area contributed by atoms with E-state index in [1.165, 1.54) is 12.7 Å². The first kappa shape index (κ1) is 12.1. The number of nitrogens with one attached hydrogen (secondary N) is 1. The van der Waals surface area contributed by atoms with Crippen LogP contribution in [-0.4, -0.2) is 36.2 Å². The minimum Gasteiger partial charge on any atom is -0.449 e. The minimum absolute atomic E-state index is 0.253. The molecule has 0 fully saturated rings. The van der Waals surface area contributed by atoms with Crippen molar-refractivity contribution in [3.63, 3.8) is 0 Å². The van der Waals surface area contributed by atoms with Gasteiger partial charge in [0.05, 0.1) is 0 Å². The number of fused-ring (bicyclic) bond motifs is 2. The first-order valence-corrected chi connectivity index (χ1v) is 6.59. The van der Waals surface area contributed by atoms with Crippen LogP contribution in [0, 0.1) is 0 Å². The molecule has 21 heavy (non-hydrogen) atoms. The molecule has 1 aromatic rings. The summed E-state index contributed by atoms with van der Waals surface area (Å²) in [6, 6.07) is 5.41. The number of amidine groups is 2. The Morgan fingerprint density at radius 1 is 1.10 bits per heavy atom. The van der Waals surface area contributed by atoms with E-state index in [-0.39, 0.29) is 6.04 Å². The molecule has 0 bridgehead atoms. The van der Waals surface area contributed by atoms with Gasteiger partial charge in [-0.25, -0.2) is 15.0 Å². The van der Waals surface area contributed by atoms with E-state index < -0.39 is 5.79 Å². The molecule has 1 N–H and O–H groups in total. The van der Waals surface area contributed by atoms with E-state index in [0.717, 1.165) is 11.4 Å². The number of rotatable bonds is 1. The fourth-order valence-electron chi connectivity index (χ4n) is 2.36. The molecule has 1 atom stereocenters. The zero-order valence-corrected chi connectivity index (χ0v) is 11.6. The summed E-state index contributed by atoms with van der Waals surface area (Å²) in [5.74, 6) is 2.15. The monoisotopic (exact) mass is 283 g/mol. The highest BCUT2D eigenvalue weighted by Crippen LogP contribution is 2.40. The van der Waals surface area contributed by atoms with Gasteiger partial charge >= 0.3 is 0 Å². The quantitative estimate of drug-likeness (QED) is 0.854. The molecule has 106 valence electrons. The Bertz CT molecular complexity index is 733. The fraction of sp³-hybridized carbons (Fsp3) is 0.286. The fourth-order valence-corrected chi connectivity index (χ4v) is 2.36. The van der Waals surface area contributed by atoms with Crippen molar-refractivity contribution < 1.29 is 9.47 Å². The molecule has 0 saturated heterocycles. The maximum atomic E-state index is 5.73. The van der Waals surface area contributed by atoms with Gasteiger partial charge in [-0.05, 0) is 12.1 Å². The smallest absolute Gasteiger partial charge is 0.246 e. The summed E-state index contributed by atoms with van der Waals surface area (Å²) in [4.78, 5) is 16.7. The van der Waals surface area contributed by atoms with Crippen molar-refractivity contribution in [2.75, 3.05) is 5.32 Å². The molecule has 3 aliphatic heterocycles. The van der Waals surface area contributed by atoms with Crippen LogP contribution in [0.15, 0.2) is 38.2 Å². The SMILES string of the molecule is CC1(C)Oc2ccc(NC3=NC=NC4=NC=NC43)cc2O1. The number of anilines is 1. The molecule has 7 nitrogen and oxygen atoms in total. The van der Waals surface area contributed by atoms with Gasteiger partial charge < -0.3 is 14.8 Å². The molecule has 4 rings (SSSR count). The van der Waals surface area contributed by atoms with Crippen molar-refractivity contribution >= 4 is 30.0 Å². The minimum atomic E-state index is -0.633. The lowest BCUT2D eigenvalue weighted by molar-refractivity contribution is -0.0431. The molecule has 0 saturated carbocycles. The van der Waals surface area contributed by atoms with Crippen LogP contribution in [0.5, 0.6) is 11.5 Å². The Morgan fingerprint density at radius 3 is 2.86 bits per heavy atom. The molecule has 0 aliphatic carbocycles. The highest BCUT2D eigenvalue weighted by atomic mass is 16.7. The first-order valence-electron chi connectivity index (χ1n) is 6.59. The van der Waals surface area contributed by atoms with Gasteiger partial charge in [0.2, 0.25) is 5.79 Å². The van der Waals surface area contributed by atoms with Crippen LogP contribution >= 0.6 is 0 Å². The van der Waals surface area contributed by atoms with Crippen LogP contribution in [-0.2, 0) is 0 Å². The van der Waals surface area contributed by atoms with Crippen molar-refractivity contribution in [3.8, 4) is 11.5 Å². The largest absolute Gasteiger partial charge is 0.449 e. The summed E-state index contributed by atoms with van der Waals surface area (Å²) in [5, 5.41) is 3.24. The van der Waals surface area contributed by atoms with Crippen molar-refractivity contribution in [2.24, 2.45) is 20.0 Å². The van der Waals surface area contributed by atoms with E-state index in [0.29, 0.717) is 17.4 Å². The third kappa shape index (κ3) is 2.06. The van der Waals surface area contributed by atoms with Crippen molar-refractivity contribution in [1.82, 2.24) is 0 Å². The van der Waals surface area contributed by atoms with Gasteiger partial charge in [-0.1, -0.05) is 0 Å². The Morgan fingerprint density at radius 2 is 1.95 bits per heavy atom. The van der Waals surface area contributed by atoms with Crippen LogP contribution in [0.25, 0.3) is 0 Å². The first-order chi connectivity index (χ1) is 10.1. The average Bonchev–Trinajstić information content (AvgIpc) is 3.01. The second kappa shape index (κ2) is 4.15. The lowest BCUT2D eigenvalue weighted by Gasteiger charge is -2.16. The van der Waals surface area contributed by atoms with Crippen LogP contribution in [0.3, 0.4) is 0 Å². The Labute approximate surface area is 121 Å². The van der Waals surface area contributed by atoms with Gasteiger partial charge in [0.1, 0.15) is 18.5 Å². The second-order valence-corrected chi connectivity index (χ2v) is 5.30. The zero-order chi connectivity index (χ0) is 14.4. The molecule has 3 aliphatic rings. The molecule has 7 heteroatoms. The molecule has 1 unspecified atom stereocenters. The number of aliphatic imine (C=N–C) groups is 4.